The Morgan fingerprint density at radius 1 is 0.879 bits per heavy atom. The fourth-order valence-corrected chi connectivity index (χ4v) is 4.43. The predicted octanol–water partition coefficient (Wildman–Crippen LogP) is 3.30. The number of sulfonamides is 1. The van der Waals surface area contributed by atoms with Crippen LogP contribution in [0.1, 0.15) is 18.1 Å². The summed E-state index contributed by atoms with van der Waals surface area (Å²) in [6, 6.07) is 21.7. The van der Waals surface area contributed by atoms with E-state index >= 15 is 0 Å². The van der Waals surface area contributed by atoms with E-state index in [1.807, 2.05) is 49.4 Å². The van der Waals surface area contributed by atoms with Gasteiger partial charge in [-0.2, -0.15) is 4.72 Å². The first kappa shape index (κ1) is 24.3. The van der Waals surface area contributed by atoms with Gasteiger partial charge >= 0.3 is 0 Å². The van der Waals surface area contributed by atoms with Gasteiger partial charge in [0.2, 0.25) is 15.9 Å². The summed E-state index contributed by atoms with van der Waals surface area (Å²) in [6.07, 6.45) is 0.214. The van der Waals surface area contributed by atoms with E-state index in [1.54, 1.807) is 31.4 Å². The molecule has 1 atom stereocenters. The molecule has 174 valence electrons. The number of nitrogens with one attached hydrogen (secondary N) is 2. The molecule has 33 heavy (non-hydrogen) atoms. The molecule has 0 bridgehead atoms. The van der Waals surface area contributed by atoms with E-state index in [9.17, 15) is 13.2 Å². The summed E-state index contributed by atoms with van der Waals surface area (Å²) in [6.45, 7) is 2.60. The van der Waals surface area contributed by atoms with Crippen LogP contribution in [0.5, 0.6) is 11.5 Å². The summed E-state index contributed by atoms with van der Waals surface area (Å²) < 4.78 is 39.1. The Balaban J connectivity index is 1.75. The number of amides is 1. The van der Waals surface area contributed by atoms with E-state index in [0.29, 0.717) is 12.4 Å². The minimum Gasteiger partial charge on any atom is -0.497 e. The van der Waals surface area contributed by atoms with Crippen molar-refractivity contribution in [1.82, 2.24) is 10.0 Å². The van der Waals surface area contributed by atoms with Gasteiger partial charge in [-0.3, -0.25) is 4.79 Å². The van der Waals surface area contributed by atoms with E-state index in [2.05, 4.69) is 10.0 Å². The number of hydrogen-bond donors (Lipinski definition) is 2. The lowest BCUT2D eigenvalue weighted by atomic mass is 10.1. The summed E-state index contributed by atoms with van der Waals surface area (Å²) in [7, 11) is -2.35. The third kappa shape index (κ3) is 7.06. The standard InChI is InChI=1S/C25H28N2O5S/c1-3-32-22-13-15-23(16-14-22)33(29,30)27-24(17-19-7-5-4-6-8-19)25(28)26-18-20-9-11-21(31-2)12-10-20/h4-16,24,27H,3,17-18H2,1-2H3,(H,26,28). The van der Waals surface area contributed by atoms with Gasteiger partial charge in [0.1, 0.15) is 17.5 Å². The third-order valence-electron chi connectivity index (χ3n) is 4.97. The summed E-state index contributed by atoms with van der Waals surface area (Å²) in [5.41, 5.74) is 1.72. The number of hydrogen-bond acceptors (Lipinski definition) is 5. The largest absolute Gasteiger partial charge is 0.497 e. The van der Waals surface area contributed by atoms with Crippen molar-refractivity contribution in [2.24, 2.45) is 0 Å². The van der Waals surface area contributed by atoms with Crippen LogP contribution in [-0.2, 0) is 27.8 Å². The van der Waals surface area contributed by atoms with E-state index in [1.165, 1.54) is 12.1 Å². The molecule has 0 fully saturated rings. The summed E-state index contributed by atoms with van der Waals surface area (Å²) in [5, 5.41) is 2.83. The molecule has 0 saturated carbocycles. The van der Waals surface area contributed by atoms with Crippen molar-refractivity contribution < 1.29 is 22.7 Å². The smallest absolute Gasteiger partial charge is 0.241 e. The van der Waals surface area contributed by atoms with Gasteiger partial charge in [-0.25, -0.2) is 8.42 Å². The number of methoxy groups -OCH3 is 1. The van der Waals surface area contributed by atoms with Crippen molar-refractivity contribution in [1.29, 1.82) is 0 Å². The molecule has 0 radical (unpaired) electrons. The zero-order valence-electron chi connectivity index (χ0n) is 18.7. The minimum atomic E-state index is -3.93. The van der Waals surface area contributed by atoms with Crippen LogP contribution in [0.15, 0.2) is 83.8 Å². The Hall–Kier alpha value is -3.36. The molecule has 3 rings (SSSR count). The molecule has 0 aliphatic rings. The molecule has 1 unspecified atom stereocenters. The topological polar surface area (TPSA) is 93.7 Å². The molecule has 1 amide bonds. The zero-order valence-corrected chi connectivity index (χ0v) is 19.5. The fraction of sp³-hybridized carbons (Fsp3) is 0.240. The monoisotopic (exact) mass is 468 g/mol. The van der Waals surface area contributed by atoms with Crippen LogP contribution in [0.2, 0.25) is 0 Å². The Morgan fingerprint density at radius 2 is 1.52 bits per heavy atom. The van der Waals surface area contributed by atoms with Gasteiger partial charge in [0.25, 0.3) is 0 Å². The average Bonchev–Trinajstić information content (AvgIpc) is 2.83. The highest BCUT2D eigenvalue weighted by Gasteiger charge is 2.26. The Kier molecular flexibility index (Phi) is 8.46. The number of carbonyl (C=O) groups is 1. The Morgan fingerprint density at radius 3 is 2.12 bits per heavy atom. The quantitative estimate of drug-likeness (QED) is 0.450. The van der Waals surface area contributed by atoms with Crippen molar-refractivity contribution in [2.45, 2.75) is 30.8 Å². The molecule has 3 aromatic carbocycles. The molecule has 8 heteroatoms. The highest BCUT2D eigenvalue weighted by atomic mass is 32.2. The molecule has 0 aliphatic carbocycles. The van der Waals surface area contributed by atoms with Gasteiger partial charge < -0.3 is 14.8 Å². The lowest BCUT2D eigenvalue weighted by Crippen LogP contribution is -2.47. The molecule has 7 nitrogen and oxygen atoms in total. The van der Waals surface area contributed by atoms with Gasteiger partial charge in [0.05, 0.1) is 18.6 Å². The van der Waals surface area contributed by atoms with Gasteiger partial charge in [-0.05, 0) is 60.9 Å². The second-order valence-electron chi connectivity index (χ2n) is 7.33. The number of carbonyl (C=O) groups excluding carboxylic acids is 1. The minimum absolute atomic E-state index is 0.0620. The van der Waals surface area contributed by atoms with Crippen LogP contribution < -0.4 is 19.5 Å². The van der Waals surface area contributed by atoms with Crippen molar-refractivity contribution >= 4 is 15.9 Å². The highest BCUT2D eigenvalue weighted by Crippen LogP contribution is 2.17. The molecular weight excluding hydrogens is 440 g/mol. The normalized spacial score (nSPS) is 12.1. The molecule has 0 saturated heterocycles. The Bertz CT molecular complexity index is 1130. The van der Waals surface area contributed by atoms with Crippen LogP contribution in [0, 0.1) is 0 Å². The maximum atomic E-state index is 13.0. The van der Waals surface area contributed by atoms with Crippen molar-refractivity contribution in [2.75, 3.05) is 13.7 Å². The van der Waals surface area contributed by atoms with Gasteiger partial charge in [0, 0.05) is 6.54 Å². The van der Waals surface area contributed by atoms with Crippen molar-refractivity contribution in [3.63, 3.8) is 0 Å². The second kappa shape index (κ2) is 11.5. The first-order valence-electron chi connectivity index (χ1n) is 10.6. The SMILES string of the molecule is CCOc1ccc(S(=O)(=O)NC(Cc2ccccc2)C(=O)NCc2ccc(OC)cc2)cc1. The molecule has 3 aromatic rings. The van der Waals surface area contributed by atoms with E-state index in [-0.39, 0.29) is 17.9 Å². The lowest BCUT2D eigenvalue weighted by molar-refractivity contribution is -0.122. The summed E-state index contributed by atoms with van der Waals surface area (Å²) in [4.78, 5) is 13.1. The maximum absolute atomic E-state index is 13.0. The lowest BCUT2D eigenvalue weighted by Gasteiger charge is -2.19. The van der Waals surface area contributed by atoms with Crippen molar-refractivity contribution in [3.05, 3.63) is 90.0 Å². The molecule has 0 aromatic heterocycles. The van der Waals surface area contributed by atoms with E-state index in [0.717, 1.165) is 16.9 Å². The number of rotatable bonds is 11. The highest BCUT2D eigenvalue weighted by molar-refractivity contribution is 7.89. The maximum Gasteiger partial charge on any atom is 0.241 e. The van der Waals surface area contributed by atoms with Crippen LogP contribution in [0.3, 0.4) is 0 Å². The zero-order chi connectivity index (χ0) is 23.7. The van der Waals surface area contributed by atoms with E-state index < -0.39 is 22.0 Å². The van der Waals surface area contributed by atoms with E-state index in [4.69, 9.17) is 9.47 Å². The molecular formula is C25H28N2O5S. The molecule has 2 N–H and O–H groups in total. The average molecular weight is 469 g/mol. The fourth-order valence-electron chi connectivity index (χ4n) is 3.23. The second-order valence-corrected chi connectivity index (χ2v) is 9.05. The summed E-state index contributed by atoms with van der Waals surface area (Å²) in [5.74, 6) is 0.883. The van der Waals surface area contributed by atoms with Gasteiger partial charge in [0.15, 0.2) is 0 Å². The first-order valence-corrected chi connectivity index (χ1v) is 12.1. The molecule has 0 aliphatic heterocycles. The summed E-state index contributed by atoms with van der Waals surface area (Å²) >= 11 is 0. The number of ether oxygens (including phenoxy) is 2. The van der Waals surface area contributed by atoms with Crippen LogP contribution in [0.25, 0.3) is 0 Å². The Labute approximate surface area is 194 Å². The van der Waals surface area contributed by atoms with Gasteiger partial charge in [-0.15, -0.1) is 0 Å². The van der Waals surface area contributed by atoms with Crippen molar-refractivity contribution in [3.8, 4) is 11.5 Å². The molecule has 0 heterocycles. The van der Waals surface area contributed by atoms with Crippen LogP contribution >= 0.6 is 0 Å². The van der Waals surface area contributed by atoms with Gasteiger partial charge in [-0.1, -0.05) is 42.5 Å². The third-order valence-corrected chi connectivity index (χ3v) is 6.45. The molecule has 0 spiro atoms. The number of benzene rings is 3. The first-order chi connectivity index (χ1) is 15.9. The van der Waals surface area contributed by atoms with Crippen LogP contribution in [-0.4, -0.2) is 34.1 Å². The van der Waals surface area contributed by atoms with Crippen LogP contribution in [0.4, 0.5) is 0 Å². The predicted molar refractivity (Wildman–Crippen MR) is 127 cm³/mol.